The molecule has 0 aliphatic heterocycles. The summed E-state index contributed by atoms with van der Waals surface area (Å²) in [6.07, 6.45) is 0.357. The highest BCUT2D eigenvalue weighted by Gasteiger charge is 2.24. The zero-order valence-corrected chi connectivity index (χ0v) is 18.2. The average Bonchev–Trinajstić information content (AvgIpc) is 2.75. The van der Waals surface area contributed by atoms with Crippen molar-refractivity contribution in [3.8, 4) is 0 Å². The summed E-state index contributed by atoms with van der Waals surface area (Å²) in [7, 11) is -6.56. The molecule has 0 atom stereocenters. The van der Waals surface area contributed by atoms with E-state index >= 15 is 0 Å². The van der Waals surface area contributed by atoms with E-state index < -0.39 is 26.0 Å². The van der Waals surface area contributed by atoms with Gasteiger partial charge in [0, 0.05) is 23.6 Å². The van der Waals surface area contributed by atoms with E-state index in [0.717, 1.165) is 10.7 Å². The number of hydrogen-bond donors (Lipinski definition) is 1. The summed E-state index contributed by atoms with van der Waals surface area (Å²) in [6.45, 7) is 0.261. The summed E-state index contributed by atoms with van der Waals surface area (Å²) in [5.41, 5.74) is 1.47. The average molecular weight is 477 g/mol. The number of nitrogens with zero attached hydrogens (tertiary/aromatic N) is 2. The van der Waals surface area contributed by atoms with Gasteiger partial charge < -0.3 is 4.55 Å². The van der Waals surface area contributed by atoms with Crippen LogP contribution < -0.4 is 4.57 Å². The van der Waals surface area contributed by atoms with Crippen LogP contribution in [0.2, 0.25) is 10.0 Å². The first kappa shape index (κ1) is 22.7. The number of thioether (sulfide) groups is 1. The molecule has 0 aliphatic rings. The molecule has 0 bridgehead atoms. The molecule has 152 valence electrons. The number of rotatable bonds is 9. The van der Waals surface area contributed by atoms with E-state index in [9.17, 15) is 21.4 Å². The van der Waals surface area contributed by atoms with Crippen LogP contribution >= 0.6 is 35.0 Å². The standard InChI is InChI=1S/C14H18Cl2N2O6S3/c1-17-12-8-10(15)11(16)9-13(12)18(4-2-6-26(19,20)21)14(17)25-5-3-7-27(22,23)24/h8-9H,2-7H2,1H3,(H-,19,20,21,22,23,24). The van der Waals surface area contributed by atoms with Gasteiger partial charge in [-0.3, -0.25) is 4.55 Å². The van der Waals surface area contributed by atoms with Gasteiger partial charge in [0.2, 0.25) is 0 Å². The van der Waals surface area contributed by atoms with Gasteiger partial charge in [0.05, 0.1) is 39.5 Å². The van der Waals surface area contributed by atoms with Crippen LogP contribution in [0.5, 0.6) is 0 Å². The van der Waals surface area contributed by atoms with Crippen molar-refractivity contribution in [3.63, 3.8) is 0 Å². The number of aromatic nitrogens is 2. The van der Waals surface area contributed by atoms with Gasteiger partial charge in [0.1, 0.15) is 0 Å². The van der Waals surface area contributed by atoms with Crippen molar-refractivity contribution >= 4 is 66.2 Å². The predicted octanol–water partition coefficient (Wildman–Crippen LogP) is 2.08. The maximum atomic E-state index is 10.9. The van der Waals surface area contributed by atoms with Gasteiger partial charge >= 0.3 is 5.16 Å². The largest absolute Gasteiger partial charge is 0.748 e. The van der Waals surface area contributed by atoms with Crippen molar-refractivity contribution in [2.45, 2.75) is 24.5 Å². The normalized spacial score (nSPS) is 12.8. The van der Waals surface area contributed by atoms with E-state index in [1.54, 1.807) is 19.2 Å². The molecule has 1 aromatic heterocycles. The summed E-state index contributed by atoms with van der Waals surface area (Å²) in [4.78, 5) is 0. The Labute approximate surface area is 172 Å². The molecule has 0 amide bonds. The van der Waals surface area contributed by atoms with E-state index in [4.69, 9.17) is 27.8 Å². The van der Waals surface area contributed by atoms with E-state index in [2.05, 4.69) is 0 Å². The molecule has 2 aromatic rings. The Kier molecular flexibility index (Phi) is 7.45. The SMILES string of the molecule is C[n+]1c(SCCCS(=O)(=O)O)n(CCCS(=O)(=O)[O-])c2cc(Cl)c(Cl)cc21. The molecule has 27 heavy (non-hydrogen) atoms. The molecular weight excluding hydrogens is 459 g/mol. The minimum Gasteiger partial charge on any atom is -0.748 e. The molecular formula is C14H18Cl2N2O6S3. The Balaban J connectivity index is 2.34. The molecule has 2 rings (SSSR count). The van der Waals surface area contributed by atoms with Crippen LogP contribution in [0.1, 0.15) is 12.8 Å². The van der Waals surface area contributed by atoms with Gasteiger partial charge in [-0.05, 0) is 24.6 Å². The van der Waals surface area contributed by atoms with Crippen LogP contribution in [0.15, 0.2) is 17.3 Å². The van der Waals surface area contributed by atoms with Crippen LogP contribution in [0.25, 0.3) is 11.0 Å². The quantitative estimate of drug-likeness (QED) is 0.254. The van der Waals surface area contributed by atoms with E-state index in [1.807, 2.05) is 9.13 Å². The Morgan fingerprint density at radius 3 is 2.37 bits per heavy atom. The number of imidazole rings is 1. The molecule has 1 N–H and O–H groups in total. The molecule has 1 heterocycles. The van der Waals surface area contributed by atoms with Crippen LogP contribution in [0.4, 0.5) is 0 Å². The van der Waals surface area contributed by atoms with Gasteiger partial charge in [-0.15, -0.1) is 0 Å². The molecule has 13 heteroatoms. The van der Waals surface area contributed by atoms with Crippen molar-refractivity contribution < 1.29 is 30.5 Å². The Bertz CT molecular complexity index is 1050. The predicted molar refractivity (Wildman–Crippen MR) is 104 cm³/mol. The monoisotopic (exact) mass is 476 g/mol. The number of halogens is 2. The lowest BCUT2D eigenvalue weighted by Crippen LogP contribution is -2.30. The maximum Gasteiger partial charge on any atom is 0.318 e. The Morgan fingerprint density at radius 2 is 1.78 bits per heavy atom. The third kappa shape index (κ3) is 6.48. The highest BCUT2D eigenvalue weighted by atomic mass is 35.5. The third-order valence-corrected chi connectivity index (χ3v) is 7.30. The Hall–Kier alpha value is -0.560. The highest BCUT2D eigenvalue weighted by molar-refractivity contribution is 7.99. The van der Waals surface area contributed by atoms with Crippen molar-refractivity contribution in [1.29, 1.82) is 0 Å². The smallest absolute Gasteiger partial charge is 0.318 e. The molecule has 0 fully saturated rings. The van der Waals surface area contributed by atoms with Gasteiger partial charge in [0.25, 0.3) is 10.1 Å². The number of aryl methyl sites for hydroxylation is 2. The molecule has 0 radical (unpaired) electrons. The van der Waals surface area contributed by atoms with Crippen molar-refractivity contribution in [2.24, 2.45) is 7.05 Å². The topological polar surface area (TPSA) is 120 Å². The number of hydrogen-bond acceptors (Lipinski definition) is 6. The minimum atomic E-state index is -4.32. The zero-order valence-electron chi connectivity index (χ0n) is 14.3. The molecule has 1 aromatic carbocycles. The second kappa shape index (κ2) is 8.85. The summed E-state index contributed by atoms with van der Waals surface area (Å²) < 4.78 is 66.8. The fourth-order valence-corrected chi connectivity index (χ4v) is 5.19. The maximum absolute atomic E-state index is 10.9. The van der Waals surface area contributed by atoms with Crippen molar-refractivity contribution in [2.75, 3.05) is 17.3 Å². The van der Waals surface area contributed by atoms with Crippen molar-refractivity contribution in [3.05, 3.63) is 22.2 Å². The Morgan fingerprint density at radius 1 is 1.15 bits per heavy atom. The summed E-state index contributed by atoms with van der Waals surface area (Å²) in [6, 6.07) is 3.34. The van der Waals surface area contributed by atoms with E-state index in [1.165, 1.54) is 11.8 Å². The summed E-state index contributed by atoms with van der Waals surface area (Å²) in [5, 5.41) is 1.42. The summed E-state index contributed by atoms with van der Waals surface area (Å²) in [5.74, 6) is -0.439. The lowest BCUT2D eigenvalue weighted by atomic mass is 10.3. The van der Waals surface area contributed by atoms with E-state index in [0.29, 0.717) is 21.3 Å². The van der Waals surface area contributed by atoms with Gasteiger partial charge in [-0.25, -0.2) is 17.6 Å². The first-order valence-corrected chi connectivity index (χ1v) is 12.7. The fraction of sp³-hybridized carbons (Fsp3) is 0.500. The molecule has 0 spiro atoms. The molecule has 0 unspecified atom stereocenters. The van der Waals surface area contributed by atoms with Crippen LogP contribution in [0, 0.1) is 0 Å². The summed E-state index contributed by atoms with van der Waals surface area (Å²) >= 11 is 13.5. The third-order valence-electron chi connectivity index (χ3n) is 3.74. The fourth-order valence-electron chi connectivity index (χ4n) is 2.59. The lowest BCUT2D eigenvalue weighted by molar-refractivity contribution is -0.685. The second-order valence-corrected chi connectivity index (χ2v) is 10.8. The van der Waals surface area contributed by atoms with Gasteiger partial charge in [-0.1, -0.05) is 23.2 Å². The molecule has 0 saturated carbocycles. The molecule has 8 nitrogen and oxygen atoms in total. The molecule has 0 saturated heterocycles. The van der Waals surface area contributed by atoms with Gasteiger partial charge in [-0.2, -0.15) is 8.42 Å². The van der Waals surface area contributed by atoms with Crippen LogP contribution in [-0.2, 0) is 33.8 Å². The van der Waals surface area contributed by atoms with Gasteiger partial charge in [0.15, 0.2) is 11.0 Å². The van der Waals surface area contributed by atoms with E-state index in [-0.39, 0.29) is 25.1 Å². The second-order valence-electron chi connectivity index (χ2n) is 5.85. The highest BCUT2D eigenvalue weighted by Crippen LogP contribution is 2.30. The zero-order chi connectivity index (χ0) is 20.4. The molecule has 0 aliphatic carbocycles. The van der Waals surface area contributed by atoms with Crippen LogP contribution in [0.3, 0.4) is 0 Å². The minimum absolute atomic E-state index is 0.119. The van der Waals surface area contributed by atoms with Crippen molar-refractivity contribution in [1.82, 2.24) is 4.57 Å². The first-order valence-electron chi connectivity index (χ1n) is 7.78. The lowest BCUT2D eigenvalue weighted by Gasteiger charge is -2.06. The number of fused-ring (bicyclic) bond motifs is 1. The first-order chi connectivity index (χ1) is 12.4. The number of benzene rings is 1. The van der Waals surface area contributed by atoms with Crippen LogP contribution in [-0.4, -0.2) is 47.8 Å².